The van der Waals surface area contributed by atoms with Crippen molar-refractivity contribution in [2.75, 3.05) is 0 Å². The van der Waals surface area contributed by atoms with Crippen molar-refractivity contribution in [1.82, 2.24) is 0 Å². The van der Waals surface area contributed by atoms with E-state index in [-0.39, 0.29) is 6.10 Å². The maximum atomic E-state index is 10.9. The van der Waals surface area contributed by atoms with Crippen molar-refractivity contribution >= 4 is 17.5 Å². The predicted molar refractivity (Wildman–Crippen MR) is 58.3 cm³/mol. The van der Waals surface area contributed by atoms with E-state index in [0.29, 0.717) is 5.92 Å². The van der Waals surface area contributed by atoms with Crippen LogP contribution in [-0.4, -0.2) is 28.7 Å². The van der Waals surface area contributed by atoms with E-state index >= 15 is 0 Å². The molecule has 0 bridgehead atoms. The molecule has 1 aliphatic carbocycles. The summed E-state index contributed by atoms with van der Waals surface area (Å²) in [5.41, 5.74) is -0.529. The second kappa shape index (κ2) is 5.63. The van der Waals surface area contributed by atoms with E-state index in [2.05, 4.69) is 12.1 Å². The summed E-state index contributed by atoms with van der Waals surface area (Å²) in [5, 5.41) is 12.1. The van der Waals surface area contributed by atoms with Crippen molar-refractivity contribution in [2.24, 2.45) is 11.1 Å². The molecule has 5 heteroatoms. The second-order valence-electron chi connectivity index (χ2n) is 4.30. The number of hydrogen-bond donors (Lipinski definition) is 1. The average molecular weight is 227 g/mol. The van der Waals surface area contributed by atoms with Gasteiger partial charge in [0.2, 0.25) is 5.71 Å². The van der Waals surface area contributed by atoms with Crippen molar-refractivity contribution in [1.29, 1.82) is 0 Å². The monoisotopic (exact) mass is 227 g/mol. The molecule has 1 rings (SSSR count). The maximum absolute atomic E-state index is 10.9. The first-order valence-electron chi connectivity index (χ1n) is 5.48. The molecule has 2 atom stereocenters. The third-order valence-corrected chi connectivity index (χ3v) is 2.72. The Morgan fingerprint density at radius 2 is 2.06 bits per heavy atom. The summed E-state index contributed by atoms with van der Waals surface area (Å²) in [6.45, 7) is 3.29. The van der Waals surface area contributed by atoms with Crippen LogP contribution in [0.2, 0.25) is 0 Å². The Kier molecular flexibility index (Phi) is 4.46. The summed E-state index contributed by atoms with van der Waals surface area (Å²) in [6, 6.07) is 0. The van der Waals surface area contributed by atoms with Gasteiger partial charge in [-0.15, -0.1) is 0 Å². The van der Waals surface area contributed by atoms with E-state index in [9.17, 15) is 9.59 Å². The lowest BCUT2D eigenvalue weighted by atomic mass is 9.89. The van der Waals surface area contributed by atoms with Crippen LogP contribution >= 0.6 is 0 Å². The highest BCUT2D eigenvalue weighted by molar-refractivity contribution is 6.63. The van der Waals surface area contributed by atoms with Crippen LogP contribution < -0.4 is 0 Å². The molecule has 0 saturated heterocycles. The highest BCUT2D eigenvalue weighted by atomic mass is 16.6. The molecule has 1 fully saturated rings. The van der Waals surface area contributed by atoms with Crippen LogP contribution in [0.4, 0.5) is 0 Å². The summed E-state index contributed by atoms with van der Waals surface area (Å²) < 4.78 is 0. The number of carbonyl (C=O) groups excluding carboxylic acids is 1. The molecule has 1 N–H and O–H groups in total. The van der Waals surface area contributed by atoms with E-state index in [0.717, 1.165) is 19.3 Å². The first kappa shape index (κ1) is 12.7. The maximum Gasteiger partial charge on any atom is 0.361 e. The number of nitrogens with zero attached hydrogens (tertiary/aromatic N) is 1. The molecule has 0 radical (unpaired) electrons. The fourth-order valence-electron chi connectivity index (χ4n) is 1.86. The van der Waals surface area contributed by atoms with Gasteiger partial charge in [-0.1, -0.05) is 18.5 Å². The number of carboxylic acid groups (broad SMARTS) is 1. The molecule has 5 nitrogen and oxygen atoms in total. The molecule has 1 aliphatic rings. The number of Topliss-reactive ketones (excluding diaryl/α,β-unsaturated/α-hetero) is 1. The van der Waals surface area contributed by atoms with Crippen LogP contribution in [0, 0.1) is 5.92 Å². The minimum atomic E-state index is -1.34. The van der Waals surface area contributed by atoms with Gasteiger partial charge in [0.05, 0.1) is 0 Å². The molecule has 0 aliphatic heterocycles. The number of oxime groups is 1. The summed E-state index contributed by atoms with van der Waals surface area (Å²) >= 11 is 0. The Hall–Kier alpha value is -1.39. The third-order valence-electron chi connectivity index (χ3n) is 2.72. The first-order valence-corrected chi connectivity index (χ1v) is 5.48. The van der Waals surface area contributed by atoms with Gasteiger partial charge in [0.15, 0.2) is 5.78 Å². The lowest BCUT2D eigenvalue weighted by molar-refractivity contribution is -0.130. The summed E-state index contributed by atoms with van der Waals surface area (Å²) in [6.07, 6.45) is 3.91. The lowest BCUT2D eigenvalue weighted by Gasteiger charge is -2.24. The number of rotatable bonds is 4. The molecule has 0 aromatic carbocycles. The molecule has 0 aromatic heterocycles. The summed E-state index contributed by atoms with van der Waals surface area (Å²) in [4.78, 5) is 26.7. The molecule has 0 unspecified atom stereocenters. The van der Waals surface area contributed by atoms with E-state index in [1.54, 1.807) is 0 Å². The van der Waals surface area contributed by atoms with Crippen LogP contribution in [-0.2, 0) is 14.4 Å². The Bertz CT molecular complexity index is 295. The molecular formula is C11H17NO4. The molecular weight excluding hydrogens is 210 g/mol. The van der Waals surface area contributed by atoms with Crippen molar-refractivity contribution in [2.45, 2.75) is 45.6 Å². The Labute approximate surface area is 94.5 Å². The molecule has 16 heavy (non-hydrogen) atoms. The number of carbonyl (C=O) groups is 2. The largest absolute Gasteiger partial charge is 0.476 e. The van der Waals surface area contributed by atoms with E-state index in [1.165, 1.54) is 13.3 Å². The lowest BCUT2D eigenvalue weighted by Crippen LogP contribution is -2.25. The molecule has 90 valence electrons. The van der Waals surface area contributed by atoms with E-state index in [4.69, 9.17) is 9.94 Å². The topological polar surface area (TPSA) is 76.0 Å². The van der Waals surface area contributed by atoms with Gasteiger partial charge in [0.1, 0.15) is 6.10 Å². The first-order chi connectivity index (χ1) is 7.50. The quantitative estimate of drug-likeness (QED) is 0.449. The zero-order valence-corrected chi connectivity index (χ0v) is 9.60. The smallest absolute Gasteiger partial charge is 0.361 e. The van der Waals surface area contributed by atoms with Gasteiger partial charge in [-0.25, -0.2) is 4.79 Å². The second-order valence-corrected chi connectivity index (χ2v) is 4.30. The number of ketones is 1. The highest BCUT2D eigenvalue weighted by Crippen LogP contribution is 2.25. The van der Waals surface area contributed by atoms with Crippen LogP contribution in [0.5, 0.6) is 0 Å². The van der Waals surface area contributed by atoms with Gasteiger partial charge < -0.3 is 9.94 Å². The van der Waals surface area contributed by atoms with Crippen molar-refractivity contribution in [3.05, 3.63) is 0 Å². The Balaban J connectivity index is 2.55. The van der Waals surface area contributed by atoms with Crippen molar-refractivity contribution in [3.8, 4) is 0 Å². The predicted octanol–water partition coefficient (Wildman–Crippen LogP) is 1.61. The summed E-state index contributed by atoms with van der Waals surface area (Å²) in [5.74, 6) is -1.35. The Morgan fingerprint density at radius 1 is 1.38 bits per heavy atom. The zero-order chi connectivity index (χ0) is 12.1. The molecule has 1 saturated carbocycles. The number of aliphatic carboxylic acids is 1. The molecule has 0 heterocycles. The van der Waals surface area contributed by atoms with Crippen molar-refractivity contribution < 1.29 is 19.5 Å². The van der Waals surface area contributed by atoms with E-state index < -0.39 is 17.5 Å². The van der Waals surface area contributed by atoms with Crippen molar-refractivity contribution in [3.63, 3.8) is 0 Å². The van der Waals surface area contributed by atoms with Crippen LogP contribution in [0.1, 0.15) is 39.5 Å². The summed E-state index contributed by atoms with van der Waals surface area (Å²) in [7, 11) is 0. The average Bonchev–Trinajstić information content (AvgIpc) is 2.16. The third kappa shape index (κ3) is 3.64. The highest BCUT2D eigenvalue weighted by Gasteiger charge is 2.22. The Morgan fingerprint density at radius 3 is 2.56 bits per heavy atom. The minimum absolute atomic E-state index is 0.0579. The SMILES string of the molecule is CC(=O)C(=NO[C@H]1CCC[C@H](C)C1)C(=O)O. The van der Waals surface area contributed by atoms with Gasteiger partial charge in [0, 0.05) is 6.92 Å². The molecule has 0 spiro atoms. The normalized spacial score (nSPS) is 26.2. The standard InChI is InChI=1S/C11H17NO4/c1-7-4-3-5-9(6-7)16-12-10(8(2)13)11(14)15/h7,9H,3-6H2,1-2H3,(H,14,15)/t7-,9-/m0/s1. The molecule has 0 amide bonds. The van der Waals surface area contributed by atoms with E-state index in [1.807, 2.05) is 0 Å². The van der Waals surface area contributed by atoms with Gasteiger partial charge in [0.25, 0.3) is 0 Å². The minimum Gasteiger partial charge on any atom is -0.476 e. The van der Waals surface area contributed by atoms with Crippen LogP contribution in [0.15, 0.2) is 5.16 Å². The number of hydrogen-bond acceptors (Lipinski definition) is 4. The molecule has 0 aromatic rings. The fraction of sp³-hybridized carbons (Fsp3) is 0.727. The van der Waals surface area contributed by atoms with Crippen LogP contribution in [0.25, 0.3) is 0 Å². The number of carboxylic acids is 1. The van der Waals surface area contributed by atoms with Gasteiger partial charge in [-0.3, -0.25) is 4.79 Å². The van der Waals surface area contributed by atoms with Gasteiger partial charge >= 0.3 is 5.97 Å². The van der Waals surface area contributed by atoms with Crippen LogP contribution in [0.3, 0.4) is 0 Å². The zero-order valence-electron chi connectivity index (χ0n) is 9.60. The van der Waals surface area contributed by atoms with Gasteiger partial charge in [-0.05, 0) is 25.2 Å². The van der Waals surface area contributed by atoms with Gasteiger partial charge in [-0.2, -0.15) is 0 Å². The fourth-order valence-corrected chi connectivity index (χ4v) is 1.86.